The van der Waals surface area contributed by atoms with Crippen LogP contribution in [0.1, 0.15) is 0 Å². The Hall–Kier alpha value is -2.69. The third kappa shape index (κ3) is 3.25. The van der Waals surface area contributed by atoms with E-state index in [2.05, 4.69) is 15.3 Å². The molecule has 0 aliphatic heterocycles. The molecule has 3 rings (SSSR count). The summed E-state index contributed by atoms with van der Waals surface area (Å²) in [6.07, 6.45) is 5.26. The molecule has 0 spiro atoms. The van der Waals surface area contributed by atoms with Crippen LogP contribution >= 0.6 is 0 Å². The first-order valence-electron chi connectivity index (χ1n) is 6.64. The fourth-order valence-electron chi connectivity index (χ4n) is 2.03. The maximum atomic E-state index is 12.8. The van der Waals surface area contributed by atoms with Crippen LogP contribution in [0.15, 0.2) is 55.0 Å². The van der Waals surface area contributed by atoms with Crippen molar-refractivity contribution < 1.29 is 9.13 Å². The van der Waals surface area contributed by atoms with Crippen LogP contribution in [-0.2, 0) is 0 Å². The predicted octanol–water partition coefficient (Wildman–Crippen LogP) is 3.26. The first-order chi connectivity index (χ1) is 10.3. The standard InChI is InChI=1S/C16H14FN3O/c17-12-1-3-13(4-2-12)21-10-9-20-16-6-8-19-15-5-7-18-11-14(15)16/h1-8,11H,9-10H2,(H,19,20). The number of hydrogen-bond acceptors (Lipinski definition) is 4. The molecule has 0 aliphatic carbocycles. The van der Waals surface area contributed by atoms with Crippen molar-refractivity contribution >= 4 is 16.6 Å². The van der Waals surface area contributed by atoms with Gasteiger partial charge in [0.1, 0.15) is 18.2 Å². The second-order valence-corrected chi connectivity index (χ2v) is 4.48. The van der Waals surface area contributed by atoms with Crippen LogP contribution in [0.2, 0.25) is 0 Å². The Morgan fingerprint density at radius 1 is 1.05 bits per heavy atom. The van der Waals surface area contributed by atoms with Gasteiger partial charge in [0.15, 0.2) is 0 Å². The highest BCUT2D eigenvalue weighted by Crippen LogP contribution is 2.19. The van der Waals surface area contributed by atoms with Crippen LogP contribution in [0.3, 0.4) is 0 Å². The van der Waals surface area contributed by atoms with Crippen molar-refractivity contribution in [2.75, 3.05) is 18.5 Å². The van der Waals surface area contributed by atoms with E-state index in [1.165, 1.54) is 12.1 Å². The maximum Gasteiger partial charge on any atom is 0.123 e. The molecule has 1 N–H and O–H groups in total. The minimum Gasteiger partial charge on any atom is -0.492 e. The van der Waals surface area contributed by atoms with Gasteiger partial charge >= 0.3 is 0 Å². The number of benzene rings is 1. The smallest absolute Gasteiger partial charge is 0.123 e. The lowest BCUT2D eigenvalue weighted by molar-refractivity contribution is 0.332. The second kappa shape index (κ2) is 6.17. The molecule has 0 radical (unpaired) electrons. The molecule has 2 heterocycles. The molecule has 2 aromatic heterocycles. The molecule has 1 aromatic carbocycles. The van der Waals surface area contributed by atoms with Crippen LogP contribution in [0.5, 0.6) is 5.75 Å². The number of pyridine rings is 2. The zero-order valence-corrected chi connectivity index (χ0v) is 11.3. The molecule has 0 bridgehead atoms. The highest BCUT2D eigenvalue weighted by molar-refractivity contribution is 5.90. The lowest BCUT2D eigenvalue weighted by atomic mass is 10.2. The van der Waals surface area contributed by atoms with Gasteiger partial charge in [-0.3, -0.25) is 9.97 Å². The lowest BCUT2D eigenvalue weighted by Gasteiger charge is -2.10. The van der Waals surface area contributed by atoms with Gasteiger partial charge in [-0.1, -0.05) is 0 Å². The average Bonchev–Trinajstić information content (AvgIpc) is 2.53. The van der Waals surface area contributed by atoms with Crippen molar-refractivity contribution in [3.63, 3.8) is 0 Å². The van der Waals surface area contributed by atoms with E-state index >= 15 is 0 Å². The van der Waals surface area contributed by atoms with Crippen LogP contribution in [0.25, 0.3) is 10.9 Å². The maximum absolute atomic E-state index is 12.8. The first kappa shape index (κ1) is 13.3. The molecule has 106 valence electrons. The Bertz CT molecular complexity index is 726. The Morgan fingerprint density at radius 3 is 2.76 bits per heavy atom. The summed E-state index contributed by atoms with van der Waals surface area (Å²) >= 11 is 0. The Morgan fingerprint density at radius 2 is 1.90 bits per heavy atom. The average molecular weight is 283 g/mol. The number of halogens is 1. The first-order valence-corrected chi connectivity index (χ1v) is 6.64. The van der Waals surface area contributed by atoms with Crippen LogP contribution in [0, 0.1) is 5.82 Å². The third-order valence-corrected chi connectivity index (χ3v) is 3.04. The minimum atomic E-state index is -0.267. The number of anilines is 1. The SMILES string of the molecule is Fc1ccc(OCCNc2ccnc3ccncc23)cc1. The van der Waals surface area contributed by atoms with Gasteiger partial charge in [-0.25, -0.2) is 4.39 Å². The molecular formula is C16H14FN3O. The number of rotatable bonds is 5. The van der Waals surface area contributed by atoms with E-state index in [1.54, 1.807) is 30.7 Å². The summed E-state index contributed by atoms with van der Waals surface area (Å²) in [7, 11) is 0. The summed E-state index contributed by atoms with van der Waals surface area (Å²) < 4.78 is 18.3. The largest absolute Gasteiger partial charge is 0.492 e. The Balaban J connectivity index is 1.58. The molecule has 5 heteroatoms. The van der Waals surface area contributed by atoms with Gasteiger partial charge in [0.2, 0.25) is 0 Å². The van der Waals surface area contributed by atoms with Crippen molar-refractivity contribution in [1.29, 1.82) is 0 Å². The van der Waals surface area contributed by atoms with E-state index in [0.717, 1.165) is 16.6 Å². The van der Waals surface area contributed by atoms with E-state index in [4.69, 9.17) is 4.74 Å². The molecule has 0 aliphatic rings. The van der Waals surface area contributed by atoms with E-state index in [-0.39, 0.29) is 5.82 Å². The Labute approximate surface area is 121 Å². The van der Waals surface area contributed by atoms with Crippen molar-refractivity contribution in [3.05, 3.63) is 60.8 Å². The fraction of sp³-hybridized carbons (Fsp3) is 0.125. The summed E-state index contributed by atoms with van der Waals surface area (Å²) in [6.45, 7) is 1.11. The molecule has 0 saturated carbocycles. The minimum absolute atomic E-state index is 0.267. The summed E-state index contributed by atoms with van der Waals surface area (Å²) in [5.41, 5.74) is 1.87. The summed E-state index contributed by atoms with van der Waals surface area (Å²) in [4.78, 5) is 8.39. The zero-order chi connectivity index (χ0) is 14.5. The van der Waals surface area contributed by atoms with Gasteiger partial charge in [-0.05, 0) is 36.4 Å². The molecule has 0 amide bonds. The van der Waals surface area contributed by atoms with Crippen LogP contribution < -0.4 is 10.1 Å². The molecule has 21 heavy (non-hydrogen) atoms. The van der Waals surface area contributed by atoms with E-state index < -0.39 is 0 Å². The molecule has 4 nitrogen and oxygen atoms in total. The number of fused-ring (bicyclic) bond motifs is 1. The summed E-state index contributed by atoms with van der Waals surface area (Å²) in [6, 6.07) is 9.76. The number of aromatic nitrogens is 2. The number of hydrogen-bond donors (Lipinski definition) is 1. The van der Waals surface area contributed by atoms with Crippen LogP contribution in [0.4, 0.5) is 10.1 Å². The van der Waals surface area contributed by atoms with Crippen LogP contribution in [-0.4, -0.2) is 23.1 Å². The topological polar surface area (TPSA) is 47.0 Å². The molecule has 3 aromatic rings. The van der Waals surface area contributed by atoms with E-state index in [1.807, 2.05) is 12.1 Å². The van der Waals surface area contributed by atoms with Gasteiger partial charge in [0.25, 0.3) is 0 Å². The second-order valence-electron chi connectivity index (χ2n) is 4.48. The molecule has 0 atom stereocenters. The molecule has 0 unspecified atom stereocenters. The van der Waals surface area contributed by atoms with Gasteiger partial charge in [0.05, 0.1) is 5.52 Å². The van der Waals surface area contributed by atoms with Gasteiger partial charge in [-0.2, -0.15) is 0 Å². The summed E-state index contributed by atoms with van der Waals surface area (Å²) in [5.74, 6) is 0.385. The predicted molar refractivity (Wildman–Crippen MR) is 79.9 cm³/mol. The molecule has 0 saturated heterocycles. The van der Waals surface area contributed by atoms with Crippen molar-refractivity contribution in [2.45, 2.75) is 0 Å². The zero-order valence-electron chi connectivity index (χ0n) is 11.3. The van der Waals surface area contributed by atoms with Gasteiger partial charge in [0, 0.05) is 36.2 Å². The fourth-order valence-corrected chi connectivity index (χ4v) is 2.03. The molecular weight excluding hydrogens is 269 g/mol. The number of nitrogens with one attached hydrogen (secondary N) is 1. The van der Waals surface area contributed by atoms with Crippen molar-refractivity contribution in [2.24, 2.45) is 0 Å². The third-order valence-electron chi connectivity index (χ3n) is 3.04. The van der Waals surface area contributed by atoms with Crippen molar-refractivity contribution in [1.82, 2.24) is 9.97 Å². The summed E-state index contributed by atoms with van der Waals surface area (Å²) in [5, 5.41) is 4.26. The number of ether oxygens (including phenoxy) is 1. The molecule has 0 fully saturated rings. The van der Waals surface area contributed by atoms with Gasteiger partial charge < -0.3 is 10.1 Å². The van der Waals surface area contributed by atoms with E-state index in [9.17, 15) is 4.39 Å². The Kier molecular flexibility index (Phi) is 3.91. The number of nitrogens with zero attached hydrogens (tertiary/aromatic N) is 2. The van der Waals surface area contributed by atoms with Crippen molar-refractivity contribution in [3.8, 4) is 5.75 Å². The lowest BCUT2D eigenvalue weighted by Crippen LogP contribution is -2.11. The van der Waals surface area contributed by atoms with Gasteiger partial charge in [-0.15, -0.1) is 0 Å². The monoisotopic (exact) mass is 283 g/mol. The normalized spacial score (nSPS) is 10.5. The highest BCUT2D eigenvalue weighted by Gasteiger charge is 2.01. The van der Waals surface area contributed by atoms with E-state index in [0.29, 0.717) is 18.9 Å². The highest BCUT2D eigenvalue weighted by atomic mass is 19.1. The quantitative estimate of drug-likeness (QED) is 0.730.